The summed E-state index contributed by atoms with van der Waals surface area (Å²) < 4.78 is 31.5. The lowest BCUT2D eigenvalue weighted by Gasteiger charge is -2.63. The minimum absolute atomic E-state index is 0.0294. The number of rotatable bonds is 9. The van der Waals surface area contributed by atoms with Crippen LogP contribution in [0.2, 0.25) is 0 Å². The second-order valence-electron chi connectivity index (χ2n) is 13.2. The van der Waals surface area contributed by atoms with Gasteiger partial charge in [0.05, 0.1) is 28.3 Å². The molecule has 2 aliphatic carbocycles. The molecule has 1 aliphatic heterocycles. The fourth-order valence-corrected chi connectivity index (χ4v) is 7.79. The standard InChI is InChI=1S/C36H42O9/c1-22-30(42-23(2)37)31(43-24(3)38)32(44-33(40)26-15-11-8-12-16-26)35(6)29(19-27-20-36(22,35)45-34(27,4)5)41-21-28(39)18-17-25-13-9-7-10-14-25/h7-18,22,27,29-32H,19-21H2,1-6H3. The molecular formula is C36H42O9. The number of hydrogen-bond donors (Lipinski definition) is 0. The summed E-state index contributed by atoms with van der Waals surface area (Å²) in [5.41, 5.74) is -1.56. The van der Waals surface area contributed by atoms with Crippen LogP contribution in [0.25, 0.3) is 6.08 Å². The lowest BCUT2D eigenvalue weighted by atomic mass is 9.49. The van der Waals surface area contributed by atoms with E-state index in [9.17, 15) is 19.2 Å². The fourth-order valence-electron chi connectivity index (χ4n) is 7.79. The van der Waals surface area contributed by atoms with Crippen molar-refractivity contribution >= 4 is 29.8 Å². The predicted molar refractivity (Wildman–Crippen MR) is 165 cm³/mol. The SMILES string of the molecule is CC(=O)OC1C(OC(C)=O)C(OC(=O)c2ccccc2)C2(C)C(OCC(=O)C=Cc3ccccc3)CC3CC2(OC3(C)C)C1C. The van der Waals surface area contributed by atoms with Crippen LogP contribution in [-0.2, 0) is 38.1 Å². The summed E-state index contributed by atoms with van der Waals surface area (Å²) >= 11 is 0. The third-order valence-corrected chi connectivity index (χ3v) is 10.0. The van der Waals surface area contributed by atoms with Crippen LogP contribution < -0.4 is 0 Å². The molecule has 9 nitrogen and oxygen atoms in total. The Morgan fingerprint density at radius 3 is 2.09 bits per heavy atom. The summed E-state index contributed by atoms with van der Waals surface area (Å²) in [6.45, 7) is 10.2. The number of ketones is 1. The smallest absolute Gasteiger partial charge is 0.338 e. The van der Waals surface area contributed by atoms with Crippen molar-refractivity contribution in [2.24, 2.45) is 17.3 Å². The van der Waals surface area contributed by atoms with E-state index in [1.807, 2.05) is 58.0 Å². The lowest BCUT2D eigenvalue weighted by molar-refractivity contribution is -0.308. The lowest BCUT2D eigenvalue weighted by Crippen LogP contribution is -2.75. The highest BCUT2D eigenvalue weighted by molar-refractivity contribution is 5.94. The summed E-state index contributed by atoms with van der Waals surface area (Å²) in [6, 6.07) is 18.0. The number of fused-ring (bicyclic) bond motifs is 1. The van der Waals surface area contributed by atoms with Crippen LogP contribution in [0.15, 0.2) is 66.7 Å². The molecule has 0 amide bonds. The number of carbonyl (C=O) groups excluding carboxylic acids is 4. The first-order valence-corrected chi connectivity index (χ1v) is 15.5. The van der Waals surface area contributed by atoms with Crippen molar-refractivity contribution in [1.82, 2.24) is 0 Å². The topological polar surface area (TPSA) is 114 Å². The number of benzene rings is 2. The van der Waals surface area contributed by atoms with E-state index < -0.39 is 64.9 Å². The van der Waals surface area contributed by atoms with E-state index in [1.54, 1.807) is 36.4 Å². The van der Waals surface area contributed by atoms with Gasteiger partial charge in [0.2, 0.25) is 0 Å². The molecule has 8 unspecified atom stereocenters. The Kier molecular flexibility index (Phi) is 9.06. The Balaban J connectivity index is 1.57. The van der Waals surface area contributed by atoms with E-state index in [0.29, 0.717) is 18.4 Å². The van der Waals surface area contributed by atoms with Crippen molar-refractivity contribution in [3.8, 4) is 0 Å². The number of hydrogen-bond acceptors (Lipinski definition) is 9. The van der Waals surface area contributed by atoms with Crippen LogP contribution in [-0.4, -0.2) is 65.9 Å². The van der Waals surface area contributed by atoms with Gasteiger partial charge in [-0.2, -0.15) is 0 Å². The summed E-state index contributed by atoms with van der Waals surface area (Å²) in [5.74, 6) is -2.51. The molecule has 3 aliphatic rings. The van der Waals surface area contributed by atoms with E-state index in [4.69, 9.17) is 23.7 Å². The normalized spacial score (nSPS) is 33.2. The molecule has 240 valence electrons. The Morgan fingerprint density at radius 2 is 1.47 bits per heavy atom. The number of carbonyl (C=O) groups is 4. The Bertz CT molecular complexity index is 1450. The minimum Gasteiger partial charge on any atom is -0.458 e. The maximum Gasteiger partial charge on any atom is 0.338 e. The van der Waals surface area contributed by atoms with E-state index in [0.717, 1.165) is 5.56 Å². The average Bonchev–Trinajstić information content (AvgIpc) is 3.25. The van der Waals surface area contributed by atoms with Gasteiger partial charge in [0.1, 0.15) is 12.7 Å². The van der Waals surface area contributed by atoms with Gasteiger partial charge >= 0.3 is 17.9 Å². The van der Waals surface area contributed by atoms with Crippen LogP contribution in [0.1, 0.15) is 70.3 Å². The quantitative estimate of drug-likeness (QED) is 0.208. The van der Waals surface area contributed by atoms with Gasteiger partial charge < -0.3 is 23.7 Å². The van der Waals surface area contributed by atoms with E-state index in [-0.39, 0.29) is 18.3 Å². The van der Waals surface area contributed by atoms with Crippen LogP contribution in [0.3, 0.4) is 0 Å². The fraction of sp³-hybridized carbons (Fsp3) is 0.500. The highest BCUT2D eigenvalue weighted by atomic mass is 16.6. The molecule has 2 aromatic rings. The summed E-state index contributed by atoms with van der Waals surface area (Å²) in [5, 5.41) is 0. The minimum atomic E-state index is -1.16. The number of ether oxygens (including phenoxy) is 5. The van der Waals surface area contributed by atoms with Crippen molar-refractivity contribution in [3.05, 3.63) is 77.9 Å². The third kappa shape index (κ3) is 6.08. The molecule has 8 atom stereocenters. The molecule has 5 rings (SSSR count). The molecule has 3 fully saturated rings. The van der Waals surface area contributed by atoms with Crippen molar-refractivity contribution in [2.75, 3.05) is 6.61 Å². The van der Waals surface area contributed by atoms with Gasteiger partial charge in [0.25, 0.3) is 0 Å². The summed E-state index contributed by atoms with van der Waals surface area (Å²) in [7, 11) is 0. The molecule has 0 radical (unpaired) electrons. The maximum atomic E-state index is 13.7. The first-order chi connectivity index (χ1) is 21.3. The summed E-state index contributed by atoms with van der Waals surface area (Å²) in [6.07, 6.45) is 0.384. The van der Waals surface area contributed by atoms with E-state index >= 15 is 0 Å². The first-order valence-electron chi connectivity index (χ1n) is 15.5. The van der Waals surface area contributed by atoms with Crippen LogP contribution in [0.4, 0.5) is 0 Å². The van der Waals surface area contributed by atoms with Gasteiger partial charge in [-0.1, -0.05) is 68.5 Å². The predicted octanol–water partition coefficient (Wildman–Crippen LogP) is 5.36. The van der Waals surface area contributed by atoms with E-state index in [2.05, 4.69) is 0 Å². The van der Waals surface area contributed by atoms with Gasteiger partial charge in [-0.15, -0.1) is 0 Å². The zero-order valence-electron chi connectivity index (χ0n) is 26.7. The van der Waals surface area contributed by atoms with Crippen LogP contribution in [0.5, 0.6) is 0 Å². The van der Waals surface area contributed by atoms with Gasteiger partial charge in [-0.3, -0.25) is 14.4 Å². The monoisotopic (exact) mass is 618 g/mol. The highest BCUT2D eigenvalue weighted by Crippen LogP contribution is 2.67. The largest absolute Gasteiger partial charge is 0.458 e. The van der Waals surface area contributed by atoms with Gasteiger partial charge in [-0.05, 0) is 56.4 Å². The Morgan fingerprint density at radius 1 is 0.867 bits per heavy atom. The van der Waals surface area contributed by atoms with Crippen molar-refractivity contribution in [1.29, 1.82) is 0 Å². The maximum absolute atomic E-state index is 13.7. The molecule has 45 heavy (non-hydrogen) atoms. The van der Waals surface area contributed by atoms with Gasteiger partial charge in [0.15, 0.2) is 18.0 Å². The molecule has 1 spiro atoms. The Hall–Kier alpha value is -3.82. The second-order valence-corrected chi connectivity index (χ2v) is 13.2. The number of esters is 3. The molecule has 0 N–H and O–H groups in total. The Labute approximate surface area is 264 Å². The van der Waals surface area contributed by atoms with Crippen LogP contribution >= 0.6 is 0 Å². The van der Waals surface area contributed by atoms with Crippen molar-refractivity contribution in [3.63, 3.8) is 0 Å². The van der Waals surface area contributed by atoms with E-state index in [1.165, 1.54) is 19.9 Å². The second kappa shape index (κ2) is 12.5. The first kappa shape index (κ1) is 32.6. The molecule has 2 bridgehead atoms. The molecular weight excluding hydrogens is 576 g/mol. The van der Waals surface area contributed by atoms with Gasteiger partial charge in [0, 0.05) is 19.8 Å². The molecule has 0 aromatic heterocycles. The average molecular weight is 619 g/mol. The molecule has 9 heteroatoms. The zero-order valence-corrected chi connectivity index (χ0v) is 26.7. The summed E-state index contributed by atoms with van der Waals surface area (Å²) in [4.78, 5) is 51.7. The molecule has 2 aromatic carbocycles. The highest BCUT2D eigenvalue weighted by Gasteiger charge is 2.77. The third-order valence-electron chi connectivity index (χ3n) is 10.0. The zero-order chi connectivity index (χ0) is 32.6. The van der Waals surface area contributed by atoms with Crippen molar-refractivity contribution in [2.45, 2.75) is 90.0 Å². The molecule has 1 heterocycles. The van der Waals surface area contributed by atoms with Crippen molar-refractivity contribution < 1.29 is 42.9 Å². The van der Waals surface area contributed by atoms with Crippen LogP contribution in [0, 0.1) is 17.3 Å². The molecule has 2 saturated carbocycles. The van der Waals surface area contributed by atoms with Gasteiger partial charge in [-0.25, -0.2) is 4.79 Å². The molecule has 1 saturated heterocycles.